The van der Waals surface area contributed by atoms with Crippen molar-refractivity contribution in [2.24, 2.45) is 0 Å². The van der Waals surface area contributed by atoms with Crippen LogP contribution in [0.25, 0.3) is 0 Å². The summed E-state index contributed by atoms with van der Waals surface area (Å²) in [6.45, 7) is 2.77. The Morgan fingerprint density at radius 2 is 2.17 bits per heavy atom. The van der Waals surface area contributed by atoms with Crippen LogP contribution in [0, 0.1) is 0 Å². The lowest BCUT2D eigenvalue weighted by Crippen LogP contribution is -2.19. The van der Waals surface area contributed by atoms with Crippen molar-refractivity contribution in [1.82, 2.24) is 10.3 Å². The Labute approximate surface area is 110 Å². The maximum absolute atomic E-state index is 5.66. The molecule has 18 heavy (non-hydrogen) atoms. The predicted octanol–water partition coefficient (Wildman–Crippen LogP) is 2.20. The van der Waals surface area contributed by atoms with Crippen LogP contribution in [0.3, 0.4) is 0 Å². The third kappa shape index (κ3) is 2.47. The number of benzene rings is 1. The number of para-hydroxylation sites is 1. The van der Waals surface area contributed by atoms with E-state index in [9.17, 15) is 0 Å². The van der Waals surface area contributed by atoms with Crippen LogP contribution in [-0.4, -0.2) is 18.2 Å². The second-order valence-electron chi connectivity index (χ2n) is 4.02. The van der Waals surface area contributed by atoms with Gasteiger partial charge in [-0.1, -0.05) is 12.1 Å². The van der Waals surface area contributed by atoms with Crippen molar-refractivity contribution in [3.63, 3.8) is 0 Å². The molecule has 0 unspecified atom stereocenters. The lowest BCUT2D eigenvalue weighted by molar-refractivity contribution is 0.169. The molecule has 2 aromatic rings. The number of hydrogen-bond donors (Lipinski definition) is 1. The van der Waals surface area contributed by atoms with Crippen molar-refractivity contribution in [3.8, 4) is 11.5 Å². The summed E-state index contributed by atoms with van der Waals surface area (Å²) in [6.07, 6.45) is 0. The highest BCUT2D eigenvalue weighted by atomic mass is 32.1. The Hall–Kier alpha value is -1.59. The Morgan fingerprint density at radius 1 is 1.22 bits per heavy atom. The lowest BCUT2D eigenvalue weighted by atomic mass is 10.1. The van der Waals surface area contributed by atoms with Gasteiger partial charge in [-0.2, -0.15) is 0 Å². The molecule has 0 saturated heterocycles. The minimum absolute atomic E-state index is 0.621. The highest BCUT2D eigenvalue weighted by Crippen LogP contribution is 2.33. The van der Waals surface area contributed by atoms with Crippen molar-refractivity contribution < 1.29 is 9.47 Å². The van der Waals surface area contributed by atoms with Gasteiger partial charge in [0.2, 0.25) is 0 Å². The molecule has 1 aliphatic heterocycles. The van der Waals surface area contributed by atoms with Crippen LogP contribution in [0.4, 0.5) is 0 Å². The summed E-state index contributed by atoms with van der Waals surface area (Å²) in [6, 6.07) is 5.99. The molecule has 0 aliphatic carbocycles. The minimum atomic E-state index is 0.621. The summed E-state index contributed by atoms with van der Waals surface area (Å²) in [5.74, 6) is 1.71. The van der Waals surface area contributed by atoms with Crippen molar-refractivity contribution in [2.75, 3.05) is 13.2 Å². The van der Waals surface area contributed by atoms with Gasteiger partial charge in [-0.15, -0.1) is 11.3 Å². The van der Waals surface area contributed by atoms with Crippen LogP contribution in [0.2, 0.25) is 0 Å². The highest BCUT2D eigenvalue weighted by molar-refractivity contribution is 7.07. The van der Waals surface area contributed by atoms with Gasteiger partial charge in [-0.25, -0.2) is 4.98 Å². The summed E-state index contributed by atoms with van der Waals surface area (Å²) in [4.78, 5) is 4.23. The first-order chi connectivity index (χ1) is 8.93. The van der Waals surface area contributed by atoms with E-state index in [1.54, 1.807) is 11.3 Å². The van der Waals surface area contributed by atoms with Crippen LogP contribution in [0.5, 0.6) is 11.5 Å². The first-order valence-corrected chi connectivity index (χ1v) is 6.83. The number of hydrogen-bond acceptors (Lipinski definition) is 5. The van der Waals surface area contributed by atoms with E-state index in [0.717, 1.165) is 35.8 Å². The number of ether oxygens (including phenoxy) is 2. The van der Waals surface area contributed by atoms with E-state index in [1.165, 1.54) is 0 Å². The molecule has 0 amide bonds. The van der Waals surface area contributed by atoms with E-state index in [-0.39, 0.29) is 0 Å². The standard InChI is InChI=1S/C13H14N2O2S/c1-2-10(6-14-7-11-8-18-9-15-11)13-12(3-1)16-4-5-17-13/h1-3,8-9,14H,4-7H2. The first kappa shape index (κ1) is 11.5. The lowest BCUT2D eigenvalue weighted by Gasteiger charge is -2.21. The van der Waals surface area contributed by atoms with Crippen molar-refractivity contribution in [1.29, 1.82) is 0 Å². The number of nitrogens with one attached hydrogen (secondary N) is 1. The average molecular weight is 262 g/mol. The number of fused-ring (bicyclic) bond motifs is 1. The van der Waals surface area contributed by atoms with Crippen LogP contribution in [0.1, 0.15) is 11.3 Å². The molecule has 1 N–H and O–H groups in total. The fourth-order valence-corrected chi connectivity index (χ4v) is 2.48. The van der Waals surface area contributed by atoms with Crippen molar-refractivity contribution in [3.05, 3.63) is 40.3 Å². The number of thiazole rings is 1. The Morgan fingerprint density at radius 3 is 3.06 bits per heavy atom. The summed E-state index contributed by atoms with van der Waals surface area (Å²) in [5.41, 5.74) is 4.04. The molecule has 4 nitrogen and oxygen atoms in total. The maximum atomic E-state index is 5.66. The molecule has 0 atom stereocenters. The van der Waals surface area contributed by atoms with Crippen LogP contribution in [0.15, 0.2) is 29.1 Å². The average Bonchev–Trinajstić information content (AvgIpc) is 2.92. The van der Waals surface area contributed by atoms with E-state index in [1.807, 2.05) is 23.0 Å². The Kier molecular flexibility index (Phi) is 3.43. The van der Waals surface area contributed by atoms with Gasteiger partial charge in [0, 0.05) is 24.0 Å². The first-order valence-electron chi connectivity index (χ1n) is 5.89. The van der Waals surface area contributed by atoms with E-state index in [0.29, 0.717) is 13.2 Å². The van der Waals surface area contributed by atoms with E-state index >= 15 is 0 Å². The zero-order valence-electron chi connectivity index (χ0n) is 9.89. The summed E-state index contributed by atoms with van der Waals surface area (Å²) in [5, 5.41) is 5.41. The highest BCUT2D eigenvalue weighted by Gasteiger charge is 2.14. The molecular formula is C13H14N2O2S. The van der Waals surface area contributed by atoms with Gasteiger partial charge < -0.3 is 14.8 Å². The zero-order valence-corrected chi connectivity index (χ0v) is 10.7. The number of rotatable bonds is 4. The third-order valence-electron chi connectivity index (χ3n) is 2.75. The molecule has 1 aliphatic rings. The van der Waals surface area contributed by atoms with E-state index in [2.05, 4.69) is 16.4 Å². The van der Waals surface area contributed by atoms with Gasteiger partial charge in [0.05, 0.1) is 11.2 Å². The molecule has 0 radical (unpaired) electrons. The molecule has 0 saturated carbocycles. The summed E-state index contributed by atoms with van der Waals surface area (Å²) >= 11 is 1.61. The molecule has 0 spiro atoms. The van der Waals surface area contributed by atoms with Gasteiger partial charge in [0.25, 0.3) is 0 Å². The number of aromatic nitrogens is 1. The summed E-state index contributed by atoms with van der Waals surface area (Å²) < 4.78 is 11.2. The van der Waals surface area contributed by atoms with Crippen LogP contribution >= 0.6 is 11.3 Å². The smallest absolute Gasteiger partial charge is 0.165 e. The Balaban J connectivity index is 1.65. The van der Waals surface area contributed by atoms with Gasteiger partial charge >= 0.3 is 0 Å². The van der Waals surface area contributed by atoms with E-state index < -0.39 is 0 Å². The summed E-state index contributed by atoms with van der Waals surface area (Å²) in [7, 11) is 0. The SMILES string of the molecule is c1cc(CNCc2cscn2)c2c(c1)OCCO2. The molecule has 1 aromatic carbocycles. The monoisotopic (exact) mass is 262 g/mol. The molecule has 2 heterocycles. The van der Waals surface area contributed by atoms with E-state index in [4.69, 9.17) is 9.47 Å². The number of nitrogens with zero attached hydrogens (tertiary/aromatic N) is 1. The zero-order chi connectivity index (χ0) is 12.2. The molecular weight excluding hydrogens is 248 g/mol. The predicted molar refractivity (Wildman–Crippen MR) is 70.1 cm³/mol. The molecule has 0 bridgehead atoms. The second-order valence-corrected chi connectivity index (χ2v) is 4.74. The quantitative estimate of drug-likeness (QED) is 0.917. The maximum Gasteiger partial charge on any atom is 0.165 e. The molecule has 1 aromatic heterocycles. The molecule has 5 heteroatoms. The third-order valence-corrected chi connectivity index (χ3v) is 3.39. The molecule has 94 valence electrons. The van der Waals surface area contributed by atoms with Gasteiger partial charge in [0.15, 0.2) is 11.5 Å². The fraction of sp³-hybridized carbons (Fsp3) is 0.308. The Bertz CT molecular complexity index is 514. The van der Waals surface area contributed by atoms with Crippen LogP contribution < -0.4 is 14.8 Å². The van der Waals surface area contributed by atoms with Crippen LogP contribution in [-0.2, 0) is 13.1 Å². The second kappa shape index (κ2) is 5.37. The van der Waals surface area contributed by atoms with Gasteiger partial charge in [-0.05, 0) is 6.07 Å². The van der Waals surface area contributed by atoms with Gasteiger partial charge in [-0.3, -0.25) is 0 Å². The largest absolute Gasteiger partial charge is 0.486 e. The molecule has 3 rings (SSSR count). The minimum Gasteiger partial charge on any atom is -0.486 e. The topological polar surface area (TPSA) is 43.4 Å². The normalized spacial score (nSPS) is 13.6. The van der Waals surface area contributed by atoms with Gasteiger partial charge in [0.1, 0.15) is 13.2 Å². The van der Waals surface area contributed by atoms with Crippen molar-refractivity contribution in [2.45, 2.75) is 13.1 Å². The fourth-order valence-electron chi connectivity index (χ4n) is 1.92. The van der Waals surface area contributed by atoms with Crippen molar-refractivity contribution >= 4 is 11.3 Å². The molecule has 0 fully saturated rings.